The molecule has 0 aliphatic carbocycles. The van der Waals surface area contributed by atoms with Gasteiger partial charge < -0.3 is 5.32 Å². The summed E-state index contributed by atoms with van der Waals surface area (Å²) in [5.41, 5.74) is 2.22. The van der Waals surface area contributed by atoms with Crippen LogP contribution in [0.5, 0.6) is 0 Å². The minimum absolute atomic E-state index is 0.433. The van der Waals surface area contributed by atoms with Crippen molar-refractivity contribution in [3.63, 3.8) is 0 Å². The molecule has 3 nitrogen and oxygen atoms in total. The normalized spacial score (nSPS) is 11.1. The molecule has 2 rings (SSSR count). The number of aromatic nitrogens is 2. The van der Waals surface area contributed by atoms with Crippen LogP contribution in [-0.4, -0.2) is 16.0 Å². The van der Waals surface area contributed by atoms with Crippen molar-refractivity contribution in [2.75, 3.05) is 0 Å². The van der Waals surface area contributed by atoms with Gasteiger partial charge in [-0.3, -0.25) is 0 Å². The fourth-order valence-corrected chi connectivity index (χ4v) is 2.79. The van der Waals surface area contributed by atoms with Crippen LogP contribution in [0.1, 0.15) is 25.0 Å². The highest BCUT2D eigenvalue weighted by molar-refractivity contribution is 7.99. The van der Waals surface area contributed by atoms with E-state index in [2.05, 4.69) is 35.2 Å². The molecule has 1 N–H and O–H groups in total. The topological polar surface area (TPSA) is 37.8 Å². The van der Waals surface area contributed by atoms with Crippen molar-refractivity contribution in [1.29, 1.82) is 0 Å². The molecule has 0 spiro atoms. The molecule has 0 saturated heterocycles. The van der Waals surface area contributed by atoms with Crippen LogP contribution in [0.3, 0.4) is 0 Å². The SMILES string of the molecule is Cc1cnc(Sc2c(Cl)cccc2CNC(C)C)nc1. The zero-order chi connectivity index (χ0) is 14.5. The van der Waals surface area contributed by atoms with Gasteiger partial charge in [0.1, 0.15) is 0 Å². The summed E-state index contributed by atoms with van der Waals surface area (Å²) in [6.45, 7) is 7.01. The van der Waals surface area contributed by atoms with Gasteiger partial charge in [0.25, 0.3) is 0 Å². The van der Waals surface area contributed by atoms with Gasteiger partial charge in [-0.15, -0.1) is 0 Å². The van der Waals surface area contributed by atoms with Gasteiger partial charge >= 0.3 is 0 Å². The van der Waals surface area contributed by atoms with Crippen molar-refractivity contribution in [3.8, 4) is 0 Å². The summed E-state index contributed by atoms with van der Waals surface area (Å²) in [6, 6.07) is 6.39. The predicted molar refractivity (Wildman–Crippen MR) is 84.3 cm³/mol. The summed E-state index contributed by atoms with van der Waals surface area (Å²) in [5.74, 6) is 0. The standard InChI is InChI=1S/C15H18ClN3S/c1-10(2)17-9-12-5-4-6-13(16)14(12)20-15-18-7-11(3)8-19-15/h4-8,10,17H,9H2,1-3H3. The van der Waals surface area contributed by atoms with Gasteiger partial charge in [-0.05, 0) is 35.9 Å². The number of hydrogen-bond acceptors (Lipinski definition) is 4. The zero-order valence-electron chi connectivity index (χ0n) is 11.9. The Balaban J connectivity index is 2.23. The Bertz CT molecular complexity index is 570. The van der Waals surface area contributed by atoms with Crippen LogP contribution in [0.15, 0.2) is 40.6 Å². The number of nitrogens with zero attached hydrogens (tertiary/aromatic N) is 2. The Morgan fingerprint density at radius 2 is 1.95 bits per heavy atom. The summed E-state index contributed by atoms with van der Waals surface area (Å²) in [5, 5.41) is 4.87. The molecular formula is C15H18ClN3S. The molecule has 20 heavy (non-hydrogen) atoms. The molecule has 0 amide bonds. The minimum atomic E-state index is 0.433. The van der Waals surface area contributed by atoms with E-state index in [1.165, 1.54) is 17.3 Å². The summed E-state index contributed by atoms with van der Waals surface area (Å²) >= 11 is 7.83. The Kier molecular flexibility index (Phi) is 5.40. The van der Waals surface area contributed by atoms with Crippen LogP contribution < -0.4 is 5.32 Å². The molecule has 0 radical (unpaired) electrons. The lowest BCUT2D eigenvalue weighted by Crippen LogP contribution is -2.22. The molecule has 0 unspecified atom stereocenters. The second-order valence-electron chi connectivity index (χ2n) is 4.91. The molecule has 106 valence electrons. The summed E-state index contributed by atoms with van der Waals surface area (Å²) in [4.78, 5) is 9.67. The van der Waals surface area contributed by atoms with Crippen LogP contribution in [-0.2, 0) is 6.54 Å². The fraction of sp³-hybridized carbons (Fsp3) is 0.333. The first-order chi connectivity index (χ1) is 9.56. The molecule has 2 aromatic rings. The fourth-order valence-electron chi connectivity index (χ4n) is 1.65. The van der Waals surface area contributed by atoms with E-state index in [-0.39, 0.29) is 0 Å². The third-order valence-corrected chi connectivity index (χ3v) is 4.21. The smallest absolute Gasteiger partial charge is 0.192 e. The summed E-state index contributed by atoms with van der Waals surface area (Å²) < 4.78 is 0. The minimum Gasteiger partial charge on any atom is -0.310 e. The van der Waals surface area contributed by atoms with E-state index in [9.17, 15) is 0 Å². The Morgan fingerprint density at radius 3 is 2.60 bits per heavy atom. The lowest BCUT2D eigenvalue weighted by molar-refractivity contribution is 0.585. The molecule has 0 atom stereocenters. The van der Waals surface area contributed by atoms with Crippen LogP contribution in [0, 0.1) is 6.92 Å². The van der Waals surface area contributed by atoms with Crippen LogP contribution >= 0.6 is 23.4 Å². The van der Waals surface area contributed by atoms with Crippen LogP contribution in [0.4, 0.5) is 0 Å². The van der Waals surface area contributed by atoms with Crippen molar-refractivity contribution in [1.82, 2.24) is 15.3 Å². The maximum Gasteiger partial charge on any atom is 0.192 e. The Hall–Kier alpha value is -1.10. The number of benzene rings is 1. The molecule has 5 heteroatoms. The number of aryl methyl sites for hydroxylation is 1. The van der Waals surface area contributed by atoms with Crippen molar-refractivity contribution in [2.24, 2.45) is 0 Å². The quantitative estimate of drug-likeness (QED) is 0.844. The van der Waals surface area contributed by atoms with Crippen molar-refractivity contribution >= 4 is 23.4 Å². The zero-order valence-corrected chi connectivity index (χ0v) is 13.4. The first-order valence-corrected chi connectivity index (χ1v) is 7.73. The molecule has 1 aromatic heterocycles. The predicted octanol–water partition coefficient (Wildman–Crippen LogP) is 4.09. The van der Waals surface area contributed by atoms with Gasteiger partial charge in [0.05, 0.1) is 5.02 Å². The van der Waals surface area contributed by atoms with Gasteiger partial charge in [0.15, 0.2) is 5.16 Å². The number of nitrogens with one attached hydrogen (secondary N) is 1. The lowest BCUT2D eigenvalue weighted by atomic mass is 10.2. The third-order valence-electron chi connectivity index (χ3n) is 2.70. The lowest BCUT2D eigenvalue weighted by Gasteiger charge is -2.13. The summed E-state index contributed by atoms with van der Waals surface area (Å²) in [7, 11) is 0. The van der Waals surface area contributed by atoms with Gasteiger partial charge in [-0.1, -0.05) is 37.6 Å². The molecule has 0 aliphatic heterocycles. The summed E-state index contributed by atoms with van der Waals surface area (Å²) in [6.07, 6.45) is 3.64. The van der Waals surface area contributed by atoms with Gasteiger partial charge in [-0.2, -0.15) is 0 Å². The highest BCUT2D eigenvalue weighted by Crippen LogP contribution is 2.34. The van der Waals surface area contributed by atoms with Gasteiger partial charge in [-0.25, -0.2) is 9.97 Å². The maximum atomic E-state index is 6.32. The first-order valence-electron chi connectivity index (χ1n) is 6.53. The second-order valence-corrected chi connectivity index (χ2v) is 6.29. The molecular weight excluding hydrogens is 290 g/mol. The second kappa shape index (κ2) is 7.07. The first kappa shape index (κ1) is 15.3. The van der Waals surface area contributed by atoms with E-state index in [0.29, 0.717) is 6.04 Å². The van der Waals surface area contributed by atoms with Crippen LogP contribution in [0.25, 0.3) is 0 Å². The van der Waals surface area contributed by atoms with E-state index in [1.807, 2.05) is 31.5 Å². The van der Waals surface area contributed by atoms with E-state index < -0.39 is 0 Å². The average Bonchev–Trinajstić information content (AvgIpc) is 2.41. The largest absolute Gasteiger partial charge is 0.310 e. The third kappa shape index (κ3) is 4.20. The van der Waals surface area contributed by atoms with E-state index in [0.717, 1.165) is 27.2 Å². The number of rotatable bonds is 5. The van der Waals surface area contributed by atoms with E-state index in [4.69, 9.17) is 11.6 Å². The Morgan fingerprint density at radius 1 is 1.25 bits per heavy atom. The van der Waals surface area contributed by atoms with Crippen molar-refractivity contribution < 1.29 is 0 Å². The number of hydrogen-bond donors (Lipinski definition) is 1. The maximum absolute atomic E-state index is 6.32. The Labute approximate surface area is 129 Å². The molecule has 0 bridgehead atoms. The highest BCUT2D eigenvalue weighted by Gasteiger charge is 2.10. The molecule has 0 fully saturated rings. The monoisotopic (exact) mass is 307 g/mol. The highest BCUT2D eigenvalue weighted by atomic mass is 35.5. The number of halogens is 1. The molecule has 1 aromatic carbocycles. The van der Waals surface area contributed by atoms with E-state index >= 15 is 0 Å². The molecule has 0 saturated carbocycles. The molecule has 0 aliphatic rings. The van der Waals surface area contributed by atoms with Gasteiger partial charge in [0, 0.05) is 29.9 Å². The average molecular weight is 308 g/mol. The van der Waals surface area contributed by atoms with Crippen molar-refractivity contribution in [2.45, 2.75) is 43.4 Å². The molecule has 1 heterocycles. The van der Waals surface area contributed by atoms with E-state index in [1.54, 1.807) is 0 Å². The van der Waals surface area contributed by atoms with Crippen LogP contribution in [0.2, 0.25) is 5.02 Å². The van der Waals surface area contributed by atoms with Gasteiger partial charge in [0.2, 0.25) is 0 Å². The van der Waals surface area contributed by atoms with Crippen molar-refractivity contribution in [3.05, 3.63) is 46.7 Å².